The molecule has 0 fully saturated rings. The summed E-state index contributed by atoms with van der Waals surface area (Å²) in [6.07, 6.45) is 1.18. The van der Waals surface area contributed by atoms with Gasteiger partial charge in [0.05, 0.1) is 27.8 Å². The second-order valence-electron chi connectivity index (χ2n) is 3.70. The number of carbonyl (C=O) groups is 1. The van der Waals surface area contributed by atoms with Gasteiger partial charge >= 0.3 is 5.97 Å². The van der Waals surface area contributed by atoms with Crippen molar-refractivity contribution in [1.29, 1.82) is 0 Å². The Labute approximate surface area is 127 Å². The molecule has 4 nitrogen and oxygen atoms in total. The van der Waals surface area contributed by atoms with E-state index in [1.54, 1.807) is 12.1 Å². The molecule has 0 saturated heterocycles. The first-order chi connectivity index (χ1) is 8.97. The highest BCUT2D eigenvalue weighted by Gasteiger charge is 2.10. The smallest absolute Gasteiger partial charge is 0.338 e. The number of hydrogen-bond acceptors (Lipinski definition) is 3. The van der Waals surface area contributed by atoms with Gasteiger partial charge in [0.2, 0.25) is 0 Å². The highest BCUT2D eigenvalue weighted by atomic mass is 79.9. The second kappa shape index (κ2) is 5.86. The van der Waals surface area contributed by atoms with E-state index in [1.165, 1.54) is 12.3 Å². The third-order valence-electron chi connectivity index (χ3n) is 2.35. The van der Waals surface area contributed by atoms with Gasteiger partial charge < -0.3 is 14.8 Å². The first-order valence-corrected chi connectivity index (χ1v) is 6.71. The molecule has 2 N–H and O–H groups in total. The van der Waals surface area contributed by atoms with Crippen LogP contribution in [0.25, 0.3) is 0 Å². The Morgan fingerprint density at radius 1 is 1.32 bits per heavy atom. The van der Waals surface area contributed by atoms with Crippen LogP contribution in [0, 0.1) is 0 Å². The molecule has 1 aromatic heterocycles. The van der Waals surface area contributed by atoms with E-state index in [0.29, 0.717) is 21.5 Å². The van der Waals surface area contributed by atoms with Crippen LogP contribution in [0.3, 0.4) is 0 Å². The van der Waals surface area contributed by atoms with Crippen LogP contribution in [0.4, 0.5) is 5.69 Å². The first kappa shape index (κ1) is 14.2. The summed E-state index contributed by atoms with van der Waals surface area (Å²) in [5, 5.41) is 12.7. The summed E-state index contributed by atoms with van der Waals surface area (Å²) in [4.78, 5) is 10.7. The van der Waals surface area contributed by atoms with Crippen molar-refractivity contribution in [3.63, 3.8) is 0 Å². The second-order valence-corrected chi connectivity index (χ2v) is 5.43. The molecule has 0 aliphatic heterocycles. The van der Waals surface area contributed by atoms with Crippen LogP contribution >= 0.6 is 39.1 Å². The van der Waals surface area contributed by atoms with Gasteiger partial charge in [0.1, 0.15) is 12.0 Å². The summed E-state index contributed by atoms with van der Waals surface area (Å²) in [6, 6.07) is 4.86. The zero-order valence-corrected chi connectivity index (χ0v) is 12.5. The fourth-order valence-electron chi connectivity index (χ4n) is 1.47. The quantitative estimate of drug-likeness (QED) is 0.828. The van der Waals surface area contributed by atoms with Crippen molar-refractivity contribution in [3.05, 3.63) is 50.3 Å². The third-order valence-corrected chi connectivity index (χ3v) is 3.40. The zero-order valence-electron chi connectivity index (χ0n) is 9.41. The Bertz CT molecular complexity index is 604. The standard InChI is InChI=1S/C12H8BrCl2NO3/c13-7-2-9(14)11(10(15)3-7)16-4-8-1-6(5-19-8)12(17)18/h1-3,5,16H,4H2,(H,17,18). The fourth-order valence-corrected chi connectivity index (χ4v) is 2.81. The van der Waals surface area contributed by atoms with Crippen molar-refractivity contribution in [2.24, 2.45) is 0 Å². The van der Waals surface area contributed by atoms with Crippen LogP contribution in [0.5, 0.6) is 0 Å². The number of halogens is 3. The van der Waals surface area contributed by atoms with Crippen LogP contribution in [0.15, 0.2) is 33.4 Å². The molecular formula is C12H8BrCl2NO3. The molecule has 0 spiro atoms. The minimum Gasteiger partial charge on any atom is -0.478 e. The maximum Gasteiger partial charge on any atom is 0.338 e. The Balaban J connectivity index is 2.12. The summed E-state index contributed by atoms with van der Waals surface area (Å²) in [7, 11) is 0. The Morgan fingerprint density at radius 2 is 1.95 bits per heavy atom. The van der Waals surface area contributed by atoms with E-state index in [9.17, 15) is 4.79 Å². The monoisotopic (exact) mass is 363 g/mol. The number of anilines is 1. The summed E-state index contributed by atoms with van der Waals surface area (Å²) in [5.41, 5.74) is 0.671. The Hall–Kier alpha value is -1.17. The molecule has 1 heterocycles. The lowest BCUT2D eigenvalue weighted by atomic mass is 10.3. The molecule has 0 aliphatic rings. The van der Waals surface area contributed by atoms with E-state index in [1.807, 2.05) is 0 Å². The highest BCUT2D eigenvalue weighted by Crippen LogP contribution is 2.34. The largest absolute Gasteiger partial charge is 0.478 e. The number of carboxylic acids is 1. The third kappa shape index (κ3) is 3.43. The Kier molecular flexibility index (Phi) is 4.39. The highest BCUT2D eigenvalue weighted by molar-refractivity contribution is 9.10. The van der Waals surface area contributed by atoms with Crippen molar-refractivity contribution in [3.8, 4) is 0 Å². The number of nitrogens with one attached hydrogen (secondary N) is 1. The summed E-state index contributed by atoms with van der Waals surface area (Å²) < 4.78 is 5.89. The van der Waals surface area contributed by atoms with E-state index < -0.39 is 5.97 Å². The van der Waals surface area contributed by atoms with Crippen LogP contribution in [0.2, 0.25) is 10.0 Å². The summed E-state index contributed by atoms with van der Waals surface area (Å²) in [5.74, 6) is -0.554. The van der Waals surface area contributed by atoms with E-state index in [-0.39, 0.29) is 12.1 Å². The predicted molar refractivity (Wildman–Crippen MR) is 77.2 cm³/mol. The number of benzene rings is 1. The summed E-state index contributed by atoms with van der Waals surface area (Å²) in [6.45, 7) is 0.286. The molecule has 1 aromatic carbocycles. The number of rotatable bonds is 4. The molecule has 7 heteroatoms. The fraction of sp³-hybridized carbons (Fsp3) is 0.0833. The minimum absolute atomic E-state index is 0.102. The molecular weight excluding hydrogens is 357 g/mol. The molecule has 0 atom stereocenters. The van der Waals surface area contributed by atoms with Crippen molar-refractivity contribution in [2.45, 2.75) is 6.54 Å². The van der Waals surface area contributed by atoms with Crippen molar-refractivity contribution < 1.29 is 14.3 Å². The number of carboxylic acid groups (broad SMARTS) is 1. The molecule has 0 saturated carbocycles. The van der Waals surface area contributed by atoms with Crippen LogP contribution in [0.1, 0.15) is 16.1 Å². The zero-order chi connectivity index (χ0) is 14.0. The van der Waals surface area contributed by atoms with E-state index in [4.69, 9.17) is 32.7 Å². The van der Waals surface area contributed by atoms with Gasteiger partial charge in [-0.3, -0.25) is 0 Å². The van der Waals surface area contributed by atoms with Crippen molar-refractivity contribution in [1.82, 2.24) is 0 Å². The van der Waals surface area contributed by atoms with Gasteiger partial charge in [-0.25, -0.2) is 4.79 Å². The van der Waals surface area contributed by atoms with Gasteiger partial charge in [0.15, 0.2) is 0 Å². The van der Waals surface area contributed by atoms with Gasteiger partial charge in [-0.1, -0.05) is 39.1 Å². The molecule has 19 heavy (non-hydrogen) atoms. The molecule has 0 bridgehead atoms. The number of hydrogen-bond donors (Lipinski definition) is 2. The molecule has 2 aromatic rings. The van der Waals surface area contributed by atoms with E-state index in [0.717, 1.165) is 4.47 Å². The first-order valence-electron chi connectivity index (χ1n) is 5.16. The lowest BCUT2D eigenvalue weighted by Crippen LogP contribution is -2.00. The van der Waals surface area contributed by atoms with E-state index in [2.05, 4.69) is 21.2 Å². The normalized spacial score (nSPS) is 10.5. The molecule has 100 valence electrons. The minimum atomic E-state index is -1.03. The van der Waals surface area contributed by atoms with Crippen LogP contribution in [-0.2, 0) is 6.54 Å². The topological polar surface area (TPSA) is 62.5 Å². The van der Waals surface area contributed by atoms with Gasteiger partial charge in [0.25, 0.3) is 0 Å². The lowest BCUT2D eigenvalue weighted by molar-refractivity contribution is 0.0696. The van der Waals surface area contributed by atoms with Gasteiger partial charge in [-0.2, -0.15) is 0 Å². The number of furan rings is 1. The van der Waals surface area contributed by atoms with E-state index >= 15 is 0 Å². The van der Waals surface area contributed by atoms with Crippen LogP contribution < -0.4 is 5.32 Å². The van der Waals surface area contributed by atoms with Crippen molar-refractivity contribution in [2.75, 3.05) is 5.32 Å². The Morgan fingerprint density at radius 3 is 2.47 bits per heavy atom. The summed E-state index contributed by atoms with van der Waals surface area (Å²) >= 11 is 15.4. The molecule has 0 unspecified atom stereocenters. The molecule has 0 radical (unpaired) electrons. The maximum atomic E-state index is 10.7. The van der Waals surface area contributed by atoms with Gasteiger partial charge in [-0.15, -0.1) is 0 Å². The molecule has 0 aliphatic carbocycles. The number of aromatic carboxylic acids is 1. The van der Waals surface area contributed by atoms with Gasteiger partial charge in [0, 0.05) is 4.47 Å². The molecule has 0 amide bonds. The SMILES string of the molecule is O=C(O)c1coc(CNc2c(Cl)cc(Br)cc2Cl)c1. The molecule has 2 rings (SSSR count). The average Bonchev–Trinajstić information content (AvgIpc) is 2.76. The van der Waals surface area contributed by atoms with Crippen molar-refractivity contribution >= 4 is 50.8 Å². The maximum absolute atomic E-state index is 10.7. The van der Waals surface area contributed by atoms with Crippen LogP contribution in [-0.4, -0.2) is 11.1 Å². The average molecular weight is 365 g/mol. The lowest BCUT2D eigenvalue weighted by Gasteiger charge is -2.09. The van der Waals surface area contributed by atoms with Gasteiger partial charge in [-0.05, 0) is 18.2 Å². The predicted octanol–water partition coefficient (Wildman–Crippen LogP) is 4.66.